The van der Waals surface area contributed by atoms with E-state index < -0.39 is 17.5 Å². The van der Waals surface area contributed by atoms with Gasteiger partial charge < -0.3 is 20.3 Å². The smallest absolute Gasteiger partial charge is 0.274 e. The molecule has 1 saturated carbocycles. The van der Waals surface area contributed by atoms with Crippen LogP contribution in [0.3, 0.4) is 0 Å². The second-order valence-corrected chi connectivity index (χ2v) is 7.96. The zero-order chi connectivity index (χ0) is 22.0. The predicted molar refractivity (Wildman–Crippen MR) is 116 cm³/mol. The molecule has 0 saturated heterocycles. The third-order valence-electron chi connectivity index (χ3n) is 5.92. The molecule has 1 amide bonds. The van der Waals surface area contributed by atoms with Crippen molar-refractivity contribution >= 4 is 16.8 Å². The maximum atomic E-state index is 12.9. The number of aromatic nitrogens is 3. The highest BCUT2D eigenvalue weighted by Gasteiger charge is 2.26. The molecule has 8 heteroatoms. The average molecular weight is 422 g/mol. The van der Waals surface area contributed by atoms with Gasteiger partial charge in [-0.25, -0.2) is 9.97 Å². The fraction of sp³-hybridized carbons (Fsp3) is 0.391. The van der Waals surface area contributed by atoms with E-state index in [4.69, 9.17) is 4.74 Å². The molecule has 0 radical (unpaired) electrons. The second-order valence-electron chi connectivity index (χ2n) is 7.96. The number of hydrogen-bond acceptors (Lipinski definition) is 7. The number of para-hydroxylation sites is 1. The minimum absolute atomic E-state index is 0.0230. The highest BCUT2D eigenvalue weighted by Crippen LogP contribution is 2.32. The van der Waals surface area contributed by atoms with Gasteiger partial charge in [-0.15, -0.1) is 0 Å². The molecule has 2 heterocycles. The molecule has 0 bridgehead atoms. The predicted octanol–water partition coefficient (Wildman–Crippen LogP) is 3.81. The number of benzene rings is 1. The second kappa shape index (κ2) is 8.75. The number of pyridine rings is 1. The van der Waals surface area contributed by atoms with E-state index in [0.717, 1.165) is 31.1 Å². The molecular formula is C23H26N4O4. The molecule has 31 heavy (non-hydrogen) atoms. The number of nitrogens with zero attached hydrogens (tertiary/aromatic N) is 3. The van der Waals surface area contributed by atoms with Gasteiger partial charge in [0, 0.05) is 17.5 Å². The van der Waals surface area contributed by atoms with Crippen LogP contribution in [0.1, 0.15) is 49.5 Å². The Labute approximate surface area is 180 Å². The lowest BCUT2D eigenvalue weighted by molar-refractivity contribution is 0.0910. The average Bonchev–Trinajstić information content (AvgIpc) is 2.80. The van der Waals surface area contributed by atoms with Crippen LogP contribution in [0.4, 0.5) is 0 Å². The highest BCUT2D eigenvalue weighted by atomic mass is 16.5. The van der Waals surface area contributed by atoms with Crippen LogP contribution >= 0.6 is 0 Å². The van der Waals surface area contributed by atoms with Crippen LogP contribution in [0.15, 0.2) is 30.3 Å². The molecule has 162 valence electrons. The first-order valence-electron chi connectivity index (χ1n) is 10.5. The highest BCUT2D eigenvalue weighted by molar-refractivity contribution is 5.96. The summed E-state index contributed by atoms with van der Waals surface area (Å²) < 4.78 is 5.45. The van der Waals surface area contributed by atoms with Crippen molar-refractivity contribution in [2.45, 2.75) is 45.1 Å². The summed E-state index contributed by atoms with van der Waals surface area (Å²) in [4.78, 5) is 25.6. The SMILES string of the molecule is COc1cc(-c2nc(O)c(O)c(C(=O)N[C@H](C)C3CCCCC3)n2)nc2ccccc12. The van der Waals surface area contributed by atoms with Crippen LogP contribution < -0.4 is 10.1 Å². The van der Waals surface area contributed by atoms with Crippen LogP contribution in [0.5, 0.6) is 17.4 Å². The molecule has 1 fully saturated rings. The van der Waals surface area contributed by atoms with Crippen molar-refractivity contribution in [3.8, 4) is 28.9 Å². The maximum Gasteiger partial charge on any atom is 0.274 e. The van der Waals surface area contributed by atoms with Crippen LogP contribution in [0.2, 0.25) is 0 Å². The number of rotatable bonds is 5. The molecule has 1 atom stereocenters. The number of nitrogens with one attached hydrogen (secondary N) is 1. The number of ether oxygens (including phenoxy) is 1. The molecule has 8 nitrogen and oxygen atoms in total. The van der Waals surface area contributed by atoms with Crippen LogP contribution in [-0.4, -0.2) is 44.2 Å². The van der Waals surface area contributed by atoms with Gasteiger partial charge in [-0.05, 0) is 37.8 Å². The van der Waals surface area contributed by atoms with E-state index in [1.54, 1.807) is 13.2 Å². The van der Waals surface area contributed by atoms with Gasteiger partial charge in [0.2, 0.25) is 5.75 Å². The summed E-state index contributed by atoms with van der Waals surface area (Å²) in [5, 5.41) is 24.2. The molecule has 2 aromatic heterocycles. The lowest BCUT2D eigenvalue weighted by atomic mass is 9.84. The monoisotopic (exact) mass is 422 g/mol. The summed E-state index contributed by atoms with van der Waals surface area (Å²) in [5.41, 5.74) is 0.698. The third-order valence-corrected chi connectivity index (χ3v) is 5.92. The Hall–Kier alpha value is -3.42. The summed E-state index contributed by atoms with van der Waals surface area (Å²) in [6, 6.07) is 9.00. The Morgan fingerprint density at radius 3 is 2.61 bits per heavy atom. The quantitative estimate of drug-likeness (QED) is 0.572. The number of methoxy groups -OCH3 is 1. The largest absolute Gasteiger partial charge is 0.501 e. The number of aromatic hydroxyl groups is 2. The van der Waals surface area contributed by atoms with Crippen molar-refractivity contribution in [2.24, 2.45) is 5.92 Å². The first kappa shape index (κ1) is 20.8. The van der Waals surface area contributed by atoms with E-state index in [9.17, 15) is 15.0 Å². The summed E-state index contributed by atoms with van der Waals surface area (Å²) in [7, 11) is 1.55. The van der Waals surface area contributed by atoms with Crippen molar-refractivity contribution in [3.05, 3.63) is 36.0 Å². The molecule has 4 rings (SSSR count). The van der Waals surface area contributed by atoms with Crippen molar-refractivity contribution < 1.29 is 19.7 Å². The Morgan fingerprint density at radius 2 is 1.87 bits per heavy atom. The fourth-order valence-electron chi connectivity index (χ4n) is 4.17. The fourth-order valence-corrected chi connectivity index (χ4v) is 4.17. The van der Waals surface area contributed by atoms with Crippen LogP contribution in [-0.2, 0) is 0 Å². The number of amides is 1. The Morgan fingerprint density at radius 1 is 1.13 bits per heavy atom. The first-order chi connectivity index (χ1) is 15.0. The van der Waals surface area contributed by atoms with Gasteiger partial charge >= 0.3 is 0 Å². The maximum absolute atomic E-state index is 12.9. The van der Waals surface area contributed by atoms with Gasteiger partial charge in [-0.1, -0.05) is 31.4 Å². The molecule has 0 spiro atoms. The molecule has 1 aliphatic carbocycles. The third kappa shape index (κ3) is 4.23. The molecule has 1 aromatic carbocycles. The summed E-state index contributed by atoms with van der Waals surface area (Å²) in [5.74, 6) is -0.897. The van der Waals surface area contributed by atoms with Crippen LogP contribution in [0.25, 0.3) is 22.4 Å². The number of carbonyl (C=O) groups excluding carboxylic acids is 1. The zero-order valence-electron chi connectivity index (χ0n) is 17.6. The molecule has 0 aliphatic heterocycles. The topological polar surface area (TPSA) is 117 Å². The van der Waals surface area contributed by atoms with E-state index in [1.807, 2.05) is 31.2 Å². The van der Waals surface area contributed by atoms with Gasteiger partial charge in [0.05, 0.1) is 12.6 Å². The van der Waals surface area contributed by atoms with E-state index >= 15 is 0 Å². The van der Waals surface area contributed by atoms with E-state index in [0.29, 0.717) is 22.9 Å². The Bertz CT molecular complexity index is 1110. The molecule has 0 unspecified atom stereocenters. The molecular weight excluding hydrogens is 396 g/mol. The van der Waals surface area contributed by atoms with Crippen molar-refractivity contribution in [1.82, 2.24) is 20.3 Å². The summed E-state index contributed by atoms with van der Waals surface area (Å²) in [6.45, 7) is 1.96. The van der Waals surface area contributed by atoms with Crippen molar-refractivity contribution in [2.75, 3.05) is 7.11 Å². The van der Waals surface area contributed by atoms with Gasteiger partial charge in [-0.3, -0.25) is 4.79 Å². The number of fused-ring (bicyclic) bond motifs is 1. The Kier molecular flexibility index (Phi) is 5.88. The lowest BCUT2D eigenvalue weighted by Gasteiger charge is -2.28. The van der Waals surface area contributed by atoms with Gasteiger partial charge in [0.15, 0.2) is 11.5 Å². The zero-order valence-corrected chi connectivity index (χ0v) is 17.6. The van der Waals surface area contributed by atoms with Gasteiger partial charge in [-0.2, -0.15) is 4.98 Å². The van der Waals surface area contributed by atoms with Gasteiger partial charge in [0.25, 0.3) is 11.8 Å². The molecule has 1 aliphatic rings. The first-order valence-corrected chi connectivity index (χ1v) is 10.5. The van der Waals surface area contributed by atoms with E-state index in [2.05, 4.69) is 20.3 Å². The minimum Gasteiger partial charge on any atom is -0.501 e. The number of hydrogen-bond donors (Lipinski definition) is 3. The summed E-state index contributed by atoms with van der Waals surface area (Å²) in [6.07, 6.45) is 5.67. The summed E-state index contributed by atoms with van der Waals surface area (Å²) >= 11 is 0. The standard InChI is InChI=1S/C23H26N4O4/c1-13(14-8-4-3-5-9-14)24-22(29)19-20(28)23(30)27-21(26-19)17-12-18(31-2)15-10-6-7-11-16(15)25-17/h6-7,10-14,28H,3-5,8-9H2,1-2H3,(H,24,29)(H,26,27,30)/t13-/m1/s1. The minimum atomic E-state index is -0.672. The molecule has 3 N–H and O–H groups in total. The van der Waals surface area contributed by atoms with E-state index in [-0.39, 0.29) is 17.6 Å². The van der Waals surface area contributed by atoms with Crippen molar-refractivity contribution in [1.29, 1.82) is 0 Å². The number of carbonyl (C=O) groups is 1. The Balaban J connectivity index is 1.68. The van der Waals surface area contributed by atoms with Crippen LogP contribution in [0, 0.1) is 5.92 Å². The van der Waals surface area contributed by atoms with Crippen molar-refractivity contribution in [3.63, 3.8) is 0 Å². The van der Waals surface area contributed by atoms with E-state index in [1.165, 1.54) is 6.42 Å². The molecule has 3 aromatic rings. The lowest BCUT2D eigenvalue weighted by Crippen LogP contribution is -2.39. The van der Waals surface area contributed by atoms with Gasteiger partial charge in [0.1, 0.15) is 11.4 Å². The normalized spacial score (nSPS) is 15.5.